The van der Waals surface area contributed by atoms with Gasteiger partial charge in [0.25, 0.3) is 0 Å². The molecule has 0 unspecified atom stereocenters. The molecule has 0 atom stereocenters. The fraction of sp³-hybridized carbons (Fsp3) is 0.577. The Kier molecular flexibility index (Phi) is 9.01. The minimum absolute atomic E-state index is 0.717. The molecule has 0 bridgehead atoms. The van der Waals surface area contributed by atoms with E-state index < -0.39 is 0 Å². The van der Waals surface area contributed by atoms with Gasteiger partial charge in [-0.1, -0.05) is 36.8 Å². The molecule has 0 N–H and O–H groups in total. The zero-order valence-electron chi connectivity index (χ0n) is 19.9. The molecule has 2 heterocycles. The zero-order valence-corrected chi connectivity index (χ0v) is 19.9. The van der Waals surface area contributed by atoms with Crippen molar-refractivity contribution in [1.29, 1.82) is 0 Å². The molecule has 1 aliphatic carbocycles. The number of hydrogen-bond donors (Lipinski definition) is 0. The highest BCUT2D eigenvalue weighted by Gasteiger charge is 2.28. The lowest BCUT2D eigenvalue weighted by Crippen LogP contribution is -2.50. The van der Waals surface area contributed by atoms with Crippen LogP contribution in [0.2, 0.25) is 0 Å². The molecule has 0 aromatic heterocycles. The third-order valence-corrected chi connectivity index (χ3v) is 6.27. The van der Waals surface area contributed by atoms with Crippen LogP contribution in [0.4, 0.5) is 0 Å². The normalized spacial score (nSPS) is 20.7. The highest BCUT2D eigenvalue weighted by molar-refractivity contribution is 6.03. The van der Waals surface area contributed by atoms with E-state index in [4.69, 9.17) is 9.73 Å². The van der Waals surface area contributed by atoms with Crippen LogP contribution in [0.25, 0.3) is 0 Å². The molecular weight excluding hydrogens is 384 g/mol. The number of hydrogen-bond acceptors (Lipinski definition) is 5. The molecular formula is C26H40N4O. The molecule has 0 saturated carbocycles. The lowest BCUT2D eigenvalue weighted by molar-refractivity contribution is 0.178. The maximum atomic E-state index is 5.48. The van der Waals surface area contributed by atoms with Crippen LogP contribution in [-0.4, -0.2) is 74.1 Å². The first-order valence-electron chi connectivity index (χ1n) is 11.9. The van der Waals surface area contributed by atoms with Gasteiger partial charge in [0, 0.05) is 50.9 Å². The Morgan fingerprint density at radius 1 is 1.16 bits per heavy atom. The number of methoxy groups -OCH3 is 1. The minimum Gasteiger partial charge on any atom is -0.501 e. The van der Waals surface area contributed by atoms with Crippen LogP contribution in [0, 0.1) is 0 Å². The van der Waals surface area contributed by atoms with Crippen LogP contribution in [0.1, 0.15) is 46.0 Å². The Balaban J connectivity index is 1.49. The van der Waals surface area contributed by atoms with E-state index in [0.29, 0.717) is 6.67 Å². The number of allylic oxidation sites excluding steroid dienone is 7. The van der Waals surface area contributed by atoms with Gasteiger partial charge in [-0.15, -0.1) is 0 Å². The summed E-state index contributed by atoms with van der Waals surface area (Å²) in [6.45, 7) is 10.6. The molecule has 2 aliphatic heterocycles. The van der Waals surface area contributed by atoms with Gasteiger partial charge < -0.3 is 14.5 Å². The molecule has 0 aromatic carbocycles. The molecule has 1 saturated heterocycles. The van der Waals surface area contributed by atoms with E-state index in [-0.39, 0.29) is 0 Å². The average Bonchev–Trinajstić information content (AvgIpc) is 3.01. The molecule has 0 aromatic rings. The lowest BCUT2D eigenvalue weighted by atomic mass is 10.1. The molecule has 3 aliphatic rings. The summed E-state index contributed by atoms with van der Waals surface area (Å²) in [5.41, 5.74) is 3.99. The van der Waals surface area contributed by atoms with Gasteiger partial charge in [0.05, 0.1) is 12.9 Å². The Morgan fingerprint density at radius 3 is 2.68 bits per heavy atom. The first-order valence-corrected chi connectivity index (χ1v) is 11.9. The van der Waals surface area contributed by atoms with Gasteiger partial charge in [-0.05, 0) is 51.3 Å². The molecule has 0 spiro atoms. The Morgan fingerprint density at radius 2 is 1.97 bits per heavy atom. The van der Waals surface area contributed by atoms with Gasteiger partial charge in [-0.2, -0.15) is 0 Å². The average molecular weight is 425 g/mol. The van der Waals surface area contributed by atoms with Gasteiger partial charge in [0.1, 0.15) is 12.5 Å². The standard InChI is InChI=1S/C26H40N4O/c1-5-9-22(10-6-2)11-7-8-16-29-17-19-30(20-18-29)26-24-14-12-23(31-4)13-15-25(24)28(3)21-27-26/h5,9-10,13-15H,6-8,11-12,16-21H2,1-4H3/b9-5-,22-10+. The number of piperazine rings is 1. The first-order chi connectivity index (χ1) is 15.2. The topological polar surface area (TPSA) is 31.3 Å². The number of unbranched alkanes of at least 4 members (excludes halogenated alkanes) is 1. The summed E-state index contributed by atoms with van der Waals surface area (Å²) in [5.74, 6) is 2.16. The Labute approximate surface area is 189 Å². The van der Waals surface area contributed by atoms with Crippen molar-refractivity contribution in [2.24, 2.45) is 4.99 Å². The summed E-state index contributed by atoms with van der Waals surface area (Å²) in [7, 11) is 3.86. The van der Waals surface area contributed by atoms with Crippen molar-refractivity contribution in [3.05, 3.63) is 59.1 Å². The van der Waals surface area contributed by atoms with E-state index in [9.17, 15) is 0 Å². The van der Waals surface area contributed by atoms with Crippen LogP contribution >= 0.6 is 0 Å². The van der Waals surface area contributed by atoms with Crippen LogP contribution in [-0.2, 0) is 4.74 Å². The van der Waals surface area contributed by atoms with Gasteiger partial charge in [0.15, 0.2) is 0 Å². The number of rotatable bonds is 8. The number of likely N-dealkylation sites (N-methyl/N-ethyl adjacent to an activating group) is 1. The number of nitrogens with zero attached hydrogens (tertiary/aromatic N) is 4. The van der Waals surface area contributed by atoms with Crippen molar-refractivity contribution in [3.63, 3.8) is 0 Å². The van der Waals surface area contributed by atoms with E-state index in [1.54, 1.807) is 7.11 Å². The minimum atomic E-state index is 0.717. The van der Waals surface area contributed by atoms with Crippen molar-refractivity contribution in [1.82, 2.24) is 14.7 Å². The molecule has 5 nitrogen and oxygen atoms in total. The molecule has 3 rings (SSSR count). The van der Waals surface area contributed by atoms with Gasteiger partial charge in [0.2, 0.25) is 0 Å². The van der Waals surface area contributed by atoms with Crippen LogP contribution < -0.4 is 0 Å². The first kappa shape index (κ1) is 23.4. The summed E-state index contributed by atoms with van der Waals surface area (Å²) in [6.07, 6.45) is 19.0. The van der Waals surface area contributed by atoms with E-state index >= 15 is 0 Å². The summed E-state index contributed by atoms with van der Waals surface area (Å²) in [4.78, 5) is 12.2. The monoisotopic (exact) mass is 424 g/mol. The largest absolute Gasteiger partial charge is 0.501 e. The Hall–Kier alpha value is -2.27. The lowest BCUT2D eigenvalue weighted by Gasteiger charge is -2.40. The van der Waals surface area contributed by atoms with Crippen LogP contribution in [0.5, 0.6) is 0 Å². The van der Waals surface area contributed by atoms with Gasteiger partial charge >= 0.3 is 0 Å². The Bertz CT molecular complexity index is 779. The van der Waals surface area contributed by atoms with Crippen LogP contribution in [0.15, 0.2) is 64.1 Å². The third kappa shape index (κ3) is 6.36. The summed E-state index contributed by atoms with van der Waals surface area (Å²) >= 11 is 0. The molecule has 1 fully saturated rings. The smallest absolute Gasteiger partial charge is 0.134 e. The van der Waals surface area contributed by atoms with E-state index in [1.165, 1.54) is 42.7 Å². The molecule has 31 heavy (non-hydrogen) atoms. The van der Waals surface area contributed by atoms with Crippen LogP contribution in [0.3, 0.4) is 0 Å². The number of amidine groups is 1. The van der Waals surface area contributed by atoms with Crippen molar-refractivity contribution in [2.45, 2.75) is 46.0 Å². The van der Waals surface area contributed by atoms with Gasteiger partial charge in [-0.25, -0.2) is 4.99 Å². The number of fused-ring (bicyclic) bond motifs is 1. The van der Waals surface area contributed by atoms with Crippen molar-refractivity contribution >= 4 is 5.84 Å². The number of aliphatic imine (C=N–C) groups is 1. The highest BCUT2D eigenvalue weighted by atomic mass is 16.5. The summed E-state index contributed by atoms with van der Waals surface area (Å²) < 4.78 is 5.48. The van der Waals surface area contributed by atoms with E-state index in [0.717, 1.165) is 50.6 Å². The second-order valence-electron chi connectivity index (χ2n) is 8.51. The second kappa shape index (κ2) is 11.9. The maximum absolute atomic E-state index is 5.48. The maximum Gasteiger partial charge on any atom is 0.134 e. The van der Waals surface area contributed by atoms with Gasteiger partial charge in [-0.3, -0.25) is 4.90 Å². The second-order valence-corrected chi connectivity index (χ2v) is 8.51. The molecule has 0 radical (unpaired) electrons. The quantitative estimate of drug-likeness (QED) is 0.416. The highest BCUT2D eigenvalue weighted by Crippen LogP contribution is 2.27. The van der Waals surface area contributed by atoms with E-state index in [1.807, 2.05) is 0 Å². The fourth-order valence-corrected chi connectivity index (χ4v) is 4.51. The van der Waals surface area contributed by atoms with Crippen molar-refractivity contribution in [3.8, 4) is 0 Å². The fourth-order valence-electron chi connectivity index (χ4n) is 4.51. The SMILES string of the molecule is C/C=C\C(=C/CC)CCCCN1CCN(C2=NCN(C)C3=CC=C(OC)CC=C32)CC1. The summed E-state index contributed by atoms with van der Waals surface area (Å²) in [6, 6.07) is 0. The number of ether oxygens (including phenoxy) is 1. The third-order valence-electron chi connectivity index (χ3n) is 6.27. The molecule has 5 heteroatoms. The van der Waals surface area contributed by atoms with Crippen molar-refractivity contribution in [2.75, 3.05) is 53.5 Å². The predicted octanol–water partition coefficient (Wildman–Crippen LogP) is 4.73. The molecule has 170 valence electrons. The van der Waals surface area contributed by atoms with Crippen molar-refractivity contribution < 1.29 is 4.74 Å². The molecule has 0 amide bonds. The summed E-state index contributed by atoms with van der Waals surface area (Å²) in [5, 5.41) is 0. The zero-order chi connectivity index (χ0) is 22.1. The van der Waals surface area contributed by atoms with E-state index in [2.05, 4.69) is 72.1 Å². The predicted molar refractivity (Wildman–Crippen MR) is 131 cm³/mol.